The van der Waals surface area contributed by atoms with Crippen molar-refractivity contribution in [2.45, 2.75) is 6.92 Å². The van der Waals surface area contributed by atoms with Crippen molar-refractivity contribution in [3.8, 4) is 0 Å². The molecule has 4 nitrogen and oxygen atoms in total. The van der Waals surface area contributed by atoms with Gasteiger partial charge in [0.2, 0.25) is 0 Å². The predicted octanol–water partition coefficient (Wildman–Crippen LogP) is 0.343. The summed E-state index contributed by atoms with van der Waals surface area (Å²) in [6, 6.07) is 0. The molecule has 68 valence electrons. The van der Waals surface area contributed by atoms with Crippen molar-refractivity contribution in [2.24, 2.45) is 0 Å². The fourth-order valence-electron chi connectivity index (χ4n) is 0.584. The van der Waals surface area contributed by atoms with Crippen LogP contribution in [-0.2, 0) is 9.53 Å². The number of ether oxygens (including phenoxy) is 1. The first kappa shape index (κ1) is 10.6. The van der Waals surface area contributed by atoms with Crippen LogP contribution in [0, 0.1) is 0 Å². The van der Waals surface area contributed by atoms with Gasteiger partial charge in [-0.1, -0.05) is 6.58 Å². The van der Waals surface area contributed by atoms with Gasteiger partial charge in [0.25, 0.3) is 0 Å². The minimum Gasteiger partial charge on any atom is -0.461 e. The van der Waals surface area contributed by atoms with Gasteiger partial charge >= 0.3 is 5.97 Å². The van der Waals surface area contributed by atoms with Crippen molar-refractivity contribution in [3.05, 3.63) is 24.7 Å². The van der Waals surface area contributed by atoms with Crippen LogP contribution in [0.25, 0.3) is 0 Å². The summed E-state index contributed by atoms with van der Waals surface area (Å²) in [5.41, 5.74) is 0.372. The molecular formula is C8H14N2O2. The van der Waals surface area contributed by atoms with E-state index in [0.717, 1.165) is 0 Å². The smallest absolute Gasteiger partial charge is 0.355 e. The molecular weight excluding hydrogens is 156 g/mol. The number of carbonyl (C=O) groups excluding carboxylic acids is 1. The number of likely N-dealkylation sites (N-methyl/N-ethyl adjacent to an activating group) is 1. The third kappa shape index (κ3) is 3.65. The van der Waals surface area contributed by atoms with Gasteiger partial charge in [-0.25, -0.2) is 4.79 Å². The van der Waals surface area contributed by atoms with Crippen LogP contribution >= 0.6 is 0 Å². The van der Waals surface area contributed by atoms with E-state index in [1.165, 1.54) is 12.4 Å². The normalized spacial score (nSPS) is 10.3. The SMILES string of the molecule is C=CN/C=C(\NC)C(=O)OCC. The Morgan fingerprint density at radius 2 is 2.33 bits per heavy atom. The Morgan fingerprint density at radius 3 is 2.75 bits per heavy atom. The highest BCUT2D eigenvalue weighted by Gasteiger charge is 2.06. The van der Waals surface area contributed by atoms with Crippen LogP contribution in [-0.4, -0.2) is 19.6 Å². The Hall–Kier alpha value is -1.45. The Labute approximate surface area is 72.3 Å². The minimum atomic E-state index is -0.380. The lowest BCUT2D eigenvalue weighted by Gasteiger charge is -2.04. The van der Waals surface area contributed by atoms with E-state index in [4.69, 9.17) is 4.74 Å². The van der Waals surface area contributed by atoms with Gasteiger partial charge in [-0.2, -0.15) is 0 Å². The number of hydrogen-bond donors (Lipinski definition) is 2. The summed E-state index contributed by atoms with van der Waals surface area (Å²) in [6.45, 7) is 5.56. The number of nitrogens with one attached hydrogen (secondary N) is 2. The van der Waals surface area contributed by atoms with Gasteiger partial charge in [-0.05, 0) is 13.1 Å². The minimum absolute atomic E-state index is 0.367. The van der Waals surface area contributed by atoms with E-state index < -0.39 is 0 Å². The Bertz CT molecular complexity index is 187. The molecule has 0 aromatic carbocycles. The van der Waals surface area contributed by atoms with Gasteiger partial charge in [-0.3, -0.25) is 0 Å². The highest BCUT2D eigenvalue weighted by atomic mass is 16.5. The maximum Gasteiger partial charge on any atom is 0.355 e. The molecule has 0 spiro atoms. The van der Waals surface area contributed by atoms with Crippen LogP contribution in [0.1, 0.15) is 6.92 Å². The van der Waals surface area contributed by atoms with E-state index in [9.17, 15) is 4.79 Å². The van der Waals surface area contributed by atoms with Crippen LogP contribution < -0.4 is 10.6 Å². The summed E-state index contributed by atoms with van der Waals surface area (Å²) >= 11 is 0. The Balaban J connectivity index is 4.12. The summed E-state index contributed by atoms with van der Waals surface area (Å²) in [5.74, 6) is -0.380. The quantitative estimate of drug-likeness (QED) is 0.461. The fraction of sp³-hybridized carbons (Fsp3) is 0.375. The second kappa shape index (κ2) is 6.27. The van der Waals surface area contributed by atoms with Crippen molar-refractivity contribution < 1.29 is 9.53 Å². The maximum absolute atomic E-state index is 11.1. The second-order valence-electron chi connectivity index (χ2n) is 1.90. The van der Waals surface area contributed by atoms with E-state index in [0.29, 0.717) is 12.3 Å². The standard InChI is InChI=1S/C8H14N2O2/c1-4-10-6-7(9-3)8(11)12-5-2/h4,6,9-10H,1,5H2,2-3H3/b7-6-. The van der Waals surface area contributed by atoms with E-state index >= 15 is 0 Å². The molecule has 0 aliphatic rings. The molecule has 0 saturated carbocycles. The third-order valence-electron chi connectivity index (χ3n) is 1.11. The maximum atomic E-state index is 11.1. The summed E-state index contributed by atoms with van der Waals surface area (Å²) in [6.07, 6.45) is 2.96. The molecule has 0 unspecified atom stereocenters. The average molecular weight is 170 g/mol. The largest absolute Gasteiger partial charge is 0.461 e. The zero-order chi connectivity index (χ0) is 9.40. The summed E-state index contributed by atoms with van der Waals surface area (Å²) in [7, 11) is 1.65. The Morgan fingerprint density at radius 1 is 1.67 bits per heavy atom. The molecule has 0 atom stereocenters. The number of carbonyl (C=O) groups is 1. The van der Waals surface area contributed by atoms with Crippen molar-refractivity contribution in [2.75, 3.05) is 13.7 Å². The number of rotatable bonds is 5. The van der Waals surface area contributed by atoms with E-state index in [2.05, 4.69) is 17.2 Å². The molecule has 0 aromatic rings. The van der Waals surface area contributed by atoms with Crippen molar-refractivity contribution in [3.63, 3.8) is 0 Å². The fourth-order valence-corrected chi connectivity index (χ4v) is 0.584. The zero-order valence-corrected chi connectivity index (χ0v) is 7.39. The number of hydrogen-bond acceptors (Lipinski definition) is 4. The molecule has 0 bridgehead atoms. The summed E-state index contributed by atoms with van der Waals surface area (Å²) in [5, 5.41) is 5.37. The van der Waals surface area contributed by atoms with Gasteiger partial charge in [0.1, 0.15) is 5.70 Å². The van der Waals surface area contributed by atoms with Crippen molar-refractivity contribution in [1.29, 1.82) is 0 Å². The molecule has 0 heterocycles. The Kier molecular flexibility index (Phi) is 5.51. The van der Waals surface area contributed by atoms with Crippen LogP contribution in [0.4, 0.5) is 0 Å². The molecule has 0 fully saturated rings. The van der Waals surface area contributed by atoms with Crippen molar-refractivity contribution >= 4 is 5.97 Å². The lowest BCUT2D eigenvalue weighted by atomic mass is 10.5. The molecule has 0 saturated heterocycles. The van der Waals surface area contributed by atoms with Crippen LogP contribution in [0.3, 0.4) is 0 Å². The zero-order valence-electron chi connectivity index (χ0n) is 7.39. The van der Waals surface area contributed by atoms with Gasteiger partial charge in [0, 0.05) is 13.2 Å². The van der Waals surface area contributed by atoms with E-state index in [-0.39, 0.29) is 5.97 Å². The molecule has 2 N–H and O–H groups in total. The average Bonchev–Trinajstić information content (AvgIpc) is 2.06. The molecule has 0 amide bonds. The highest BCUT2D eigenvalue weighted by molar-refractivity contribution is 5.87. The van der Waals surface area contributed by atoms with Crippen molar-refractivity contribution in [1.82, 2.24) is 10.6 Å². The van der Waals surface area contributed by atoms with Gasteiger partial charge < -0.3 is 15.4 Å². The molecule has 0 radical (unpaired) electrons. The molecule has 0 aliphatic heterocycles. The van der Waals surface area contributed by atoms with E-state index in [1.54, 1.807) is 14.0 Å². The van der Waals surface area contributed by atoms with Gasteiger partial charge in [0.15, 0.2) is 0 Å². The molecule has 12 heavy (non-hydrogen) atoms. The first-order chi connectivity index (χ1) is 5.76. The summed E-state index contributed by atoms with van der Waals surface area (Å²) < 4.78 is 4.75. The first-order valence-electron chi connectivity index (χ1n) is 3.68. The third-order valence-corrected chi connectivity index (χ3v) is 1.11. The topological polar surface area (TPSA) is 50.4 Å². The second-order valence-corrected chi connectivity index (χ2v) is 1.90. The van der Waals surface area contributed by atoms with Crippen LogP contribution in [0.5, 0.6) is 0 Å². The summed E-state index contributed by atoms with van der Waals surface area (Å²) in [4.78, 5) is 11.1. The lowest BCUT2D eigenvalue weighted by molar-refractivity contribution is -0.138. The van der Waals surface area contributed by atoms with E-state index in [1.807, 2.05) is 0 Å². The molecule has 4 heteroatoms. The molecule has 0 aliphatic carbocycles. The monoisotopic (exact) mass is 170 g/mol. The van der Waals surface area contributed by atoms with Crippen LogP contribution in [0.2, 0.25) is 0 Å². The highest BCUT2D eigenvalue weighted by Crippen LogP contribution is 1.90. The molecule has 0 rings (SSSR count). The van der Waals surface area contributed by atoms with Gasteiger partial charge in [0.05, 0.1) is 6.61 Å². The first-order valence-corrected chi connectivity index (χ1v) is 3.68. The number of esters is 1. The molecule has 0 aromatic heterocycles. The van der Waals surface area contributed by atoms with Gasteiger partial charge in [-0.15, -0.1) is 0 Å². The predicted molar refractivity (Wildman–Crippen MR) is 47.1 cm³/mol. The lowest BCUT2D eigenvalue weighted by Crippen LogP contribution is -2.20. The van der Waals surface area contributed by atoms with Crippen LogP contribution in [0.15, 0.2) is 24.7 Å².